The van der Waals surface area contributed by atoms with Crippen LogP contribution < -0.4 is 5.73 Å². The largest absolute Gasteiger partial charge is 0.381 e. The van der Waals surface area contributed by atoms with E-state index in [4.69, 9.17) is 5.73 Å². The number of nitrogens with two attached hydrogens (primary N) is 1. The number of H-pyrrole nitrogens is 1. The predicted molar refractivity (Wildman–Crippen MR) is 89.5 cm³/mol. The zero-order chi connectivity index (χ0) is 16.8. The molecule has 0 spiro atoms. The van der Waals surface area contributed by atoms with Crippen molar-refractivity contribution in [2.45, 2.75) is 6.92 Å². The smallest absolute Gasteiger partial charge is 0.192 e. The van der Waals surface area contributed by atoms with Crippen LogP contribution in [0.25, 0.3) is 33.0 Å². The van der Waals surface area contributed by atoms with Crippen LogP contribution in [0.5, 0.6) is 0 Å². The van der Waals surface area contributed by atoms with Crippen LogP contribution in [0.4, 0.5) is 14.6 Å². The van der Waals surface area contributed by atoms with Gasteiger partial charge in [-0.15, -0.1) is 11.3 Å². The fraction of sp³-hybridized carbons (Fsp3) is 0.0625. The summed E-state index contributed by atoms with van der Waals surface area (Å²) in [5, 5.41) is 0.509. The minimum Gasteiger partial charge on any atom is -0.381 e. The molecule has 3 N–H and O–H groups in total. The highest BCUT2D eigenvalue weighted by Crippen LogP contribution is 2.33. The Morgan fingerprint density at radius 2 is 2.04 bits per heavy atom. The number of hydrogen-bond donors (Lipinski definition) is 2. The fourth-order valence-corrected chi connectivity index (χ4v) is 3.32. The number of nitrogens with zero attached hydrogens (tertiary/aromatic N) is 3. The molecular formula is C16H11F2N5S. The van der Waals surface area contributed by atoms with Crippen molar-refractivity contribution in [3.8, 4) is 22.0 Å². The molecule has 0 aliphatic rings. The first-order valence-electron chi connectivity index (χ1n) is 7.06. The van der Waals surface area contributed by atoms with Crippen molar-refractivity contribution in [1.82, 2.24) is 19.9 Å². The van der Waals surface area contributed by atoms with Crippen molar-refractivity contribution in [3.63, 3.8) is 0 Å². The van der Waals surface area contributed by atoms with Gasteiger partial charge in [0.2, 0.25) is 0 Å². The molecule has 0 fully saturated rings. The topological polar surface area (TPSA) is 80.5 Å². The number of nitrogen functional groups attached to an aromatic ring is 1. The maximum atomic E-state index is 14.4. The van der Waals surface area contributed by atoms with Crippen molar-refractivity contribution in [2.75, 3.05) is 5.73 Å². The molecule has 0 aliphatic heterocycles. The SMILES string of the molecule is Cc1ccc(-c2nc(-c3c[nH]c4ncc(F)cc34)nc(N)c2F)s1. The summed E-state index contributed by atoms with van der Waals surface area (Å²) in [4.78, 5) is 16.9. The van der Waals surface area contributed by atoms with Crippen molar-refractivity contribution in [1.29, 1.82) is 0 Å². The summed E-state index contributed by atoms with van der Waals surface area (Å²) in [7, 11) is 0. The van der Waals surface area contributed by atoms with Gasteiger partial charge in [-0.1, -0.05) is 0 Å². The van der Waals surface area contributed by atoms with Crippen LogP contribution >= 0.6 is 11.3 Å². The van der Waals surface area contributed by atoms with E-state index in [1.165, 1.54) is 17.4 Å². The van der Waals surface area contributed by atoms with E-state index >= 15 is 0 Å². The molecule has 0 aromatic carbocycles. The van der Waals surface area contributed by atoms with E-state index in [-0.39, 0.29) is 17.3 Å². The molecule has 0 saturated heterocycles. The molecule has 0 aliphatic carbocycles. The summed E-state index contributed by atoms with van der Waals surface area (Å²) in [6.07, 6.45) is 2.72. The molecule has 4 rings (SSSR count). The first-order valence-corrected chi connectivity index (χ1v) is 7.87. The zero-order valence-electron chi connectivity index (χ0n) is 12.5. The molecule has 5 nitrogen and oxygen atoms in total. The summed E-state index contributed by atoms with van der Waals surface area (Å²) in [6.45, 7) is 1.92. The van der Waals surface area contributed by atoms with E-state index in [1.54, 1.807) is 12.3 Å². The summed E-state index contributed by atoms with van der Waals surface area (Å²) in [5.74, 6) is -1.18. The van der Waals surface area contributed by atoms with Crippen molar-refractivity contribution >= 4 is 28.2 Å². The summed E-state index contributed by atoms with van der Waals surface area (Å²) in [5.41, 5.74) is 6.86. The Morgan fingerprint density at radius 1 is 1.21 bits per heavy atom. The number of rotatable bonds is 2. The molecule has 0 unspecified atom stereocenters. The molecule has 0 bridgehead atoms. The third-order valence-corrected chi connectivity index (χ3v) is 4.60. The second-order valence-corrected chi connectivity index (χ2v) is 6.55. The zero-order valence-corrected chi connectivity index (χ0v) is 13.3. The van der Waals surface area contributed by atoms with E-state index in [0.717, 1.165) is 11.1 Å². The number of halogens is 2. The van der Waals surface area contributed by atoms with E-state index in [9.17, 15) is 8.78 Å². The van der Waals surface area contributed by atoms with Crippen LogP contribution in [0.1, 0.15) is 4.88 Å². The number of pyridine rings is 1. The highest BCUT2D eigenvalue weighted by Gasteiger charge is 2.18. The second-order valence-electron chi connectivity index (χ2n) is 5.26. The number of nitrogens with one attached hydrogen (secondary N) is 1. The molecule has 0 saturated carbocycles. The van der Waals surface area contributed by atoms with Crippen LogP contribution in [0.2, 0.25) is 0 Å². The van der Waals surface area contributed by atoms with Crippen molar-refractivity contribution in [2.24, 2.45) is 0 Å². The van der Waals surface area contributed by atoms with Gasteiger partial charge in [0.15, 0.2) is 17.5 Å². The average molecular weight is 343 g/mol. The molecule has 0 radical (unpaired) electrons. The number of hydrogen-bond acceptors (Lipinski definition) is 5. The molecule has 0 atom stereocenters. The number of fused-ring (bicyclic) bond motifs is 1. The minimum absolute atomic E-state index is 0.134. The van der Waals surface area contributed by atoms with E-state index in [1.807, 2.05) is 13.0 Å². The third-order valence-electron chi connectivity index (χ3n) is 3.59. The van der Waals surface area contributed by atoms with E-state index in [0.29, 0.717) is 21.5 Å². The van der Waals surface area contributed by atoms with Gasteiger partial charge in [0.25, 0.3) is 0 Å². The van der Waals surface area contributed by atoms with Crippen LogP contribution in [0.15, 0.2) is 30.6 Å². The lowest BCUT2D eigenvalue weighted by molar-refractivity contribution is 0.623. The van der Waals surface area contributed by atoms with E-state index < -0.39 is 11.6 Å². The van der Waals surface area contributed by atoms with Gasteiger partial charge in [-0.25, -0.2) is 23.7 Å². The standard InChI is InChI=1S/C16H11F2N5S/c1-7-2-3-11(24-7)13-12(18)14(19)23-16(22-13)10-6-21-15-9(10)4-8(17)5-20-15/h2-6H,1H3,(H,20,21)(H2,19,22,23). The Balaban J connectivity index is 1.95. The lowest BCUT2D eigenvalue weighted by Gasteiger charge is -2.06. The molecule has 4 heterocycles. The summed E-state index contributed by atoms with van der Waals surface area (Å²) < 4.78 is 27.9. The van der Waals surface area contributed by atoms with Crippen molar-refractivity contribution in [3.05, 3.63) is 47.1 Å². The lowest BCUT2D eigenvalue weighted by atomic mass is 10.2. The highest BCUT2D eigenvalue weighted by molar-refractivity contribution is 7.15. The Bertz CT molecular complexity index is 1070. The first-order chi connectivity index (χ1) is 11.5. The molecule has 24 heavy (non-hydrogen) atoms. The van der Waals surface area contributed by atoms with Gasteiger partial charge in [-0.05, 0) is 25.1 Å². The third kappa shape index (κ3) is 2.31. The van der Waals surface area contributed by atoms with Crippen LogP contribution in [-0.2, 0) is 0 Å². The molecule has 4 aromatic rings. The Kier molecular flexibility index (Phi) is 3.27. The number of anilines is 1. The van der Waals surface area contributed by atoms with Gasteiger partial charge < -0.3 is 10.7 Å². The highest BCUT2D eigenvalue weighted by atomic mass is 32.1. The van der Waals surface area contributed by atoms with Gasteiger partial charge in [0, 0.05) is 22.0 Å². The average Bonchev–Trinajstić information content (AvgIpc) is 3.16. The molecular weight excluding hydrogens is 332 g/mol. The van der Waals surface area contributed by atoms with Gasteiger partial charge in [0.05, 0.1) is 11.1 Å². The maximum absolute atomic E-state index is 14.4. The van der Waals surface area contributed by atoms with Gasteiger partial charge >= 0.3 is 0 Å². The van der Waals surface area contributed by atoms with Gasteiger partial charge in [-0.3, -0.25) is 0 Å². The number of aromatic amines is 1. The normalized spacial score (nSPS) is 11.3. The van der Waals surface area contributed by atoms with Crippen LogP contribution in [0, 0.1) is 18.6 Å². The molecule has 4 aromatic heterocycles. The second kappa shape index (κ2) is 5.34. The molecule has 120 valence electrons. The van der Waals surface area contributed by atoms with Gasteiger partial charge in [-0.2, -0.15) is 0 Å². The minimum atomic E-state index is -0.662. The maximum Gasteiger partial charge on any atom is 0.192 e. The van der Waals surface area contributed by atoms with E-state index in [2.05, 4.69) is 19.9 Å². The molecule has 8 heteroatoms. The monoisotopic (exact) mass is 343 g/mol. The van der Waals surface area contributed by atoms with Crippen LogP contribution in [0.3, 0.4) is 0 Å². The van der Waals surface area contributed by atoms with Crippen molar-refractivity contribution < 1.29 is 8.78 Å². The summed E-state index contributed by atoms with van der Waals surface area (Å²) in [6, 6.07) is 4.99. The Hall–Kier alpha value is -2.87. The number of aryl methyl sites for hydroxylation is 1. The number of thiophene rings is 1. The predicted octanol–water partition coefficient (Wildman–Crippen LogP) is 3.92. The Labute approximate surface area is 139 Å². The Morgan fingerprint density at radius 3 is 2.79 bits per heavy atom. The van der Waals surface area contributed by atoms with Gasteiger partial charge in [0.1, 0.15) is 17.2 Å². The lowest BCUT2D eigenvalue weighted by Crippen LogP contribution is -2.02. The first kappa shape index (κ1) is 14.7. The number of aromatic nitrogens is 4. The fourth-order valence-electron chi connectivity index (χ4n) is 2.47. The molecule has 0 amide bonds. The van der Waals surface area contributed by atoms with Crippen LogP contribution in [-0.4, -0.2) is 19.9 Å². The summed E-state index contributed by atoms with van der Waals surface area (Å²) >= 11 is 1.41. The quantitative estimate of drug-likeness (QED) is 0.578.